The third kappa shape index (κ3) is 2.93. The van der Waals surface area contributed by atoms with Gasteiger partial charge in [0, 0.05) is 18.9 Å². The van der Waals surface area contributed by atoms with Crippen LogP contribution in [0.1, 0.15) is 19.7 Å². The lowest BCUT2D eigenvalue weighted by atomic mass is 10.2. The largest absolute Gasteiger partial charge is 0.358 e. The van der Waals surface area contributed by atoms with Gasteiger partial charge in [-0.1, -0.05) is 13.8 Å². The quantitative estimate of drug-likeness (QED) is 0.810. The zero-order valence-electron chi connectivity index (χ0n) is 10.4. The van der Waals surface area contributed by atoms with E-state index in [0.29, 0.717) is 30.6 Å². The van der Waals surface area contributed by atoms with Crippen molar-refractivity contribution in [3.05, 3.63) is 34.9 Å². The SMILES string of the molecule is CC(C)Cn1ccnc(NCc2ncn[nH]2)c1=O. The van der Waals surface area contributed by atoms with Gasteiger partial charge in [-0.3, -0.25) is 9.89 Å². The first-order chi connectivity index (χ1) is 8.66. The van der Waals surface area contributed by atoms with Crippen molar-refractivity contribution in [2.45, 2.75) is 26.9 Å². The number of nitrogens with one attached hydrogen (secondary N) is 2. The normalized spacial score (nSPS) is 10.8. The van der Waals surface area contributed by atoms with Gasteiger partial charge in [-0.2, -0.15) is 5.10 Å². The van der Waals surface area contributed by atoms with E-state index in [1.807, 2.05) is 0 Å². The molecule has 0 spiro atoms. The number of H-pyrrole nitrogens is 1. The molecule has 2 aromatic heterocycles. The molecule has 0 amide bonds. The van der Waals surface area contributed by atoms with Crippen LogP contribution in [-0.2, 0) is 13.1 Å². The van der Waals surface area contributed by atoms with E-state index in [2.05, 4.69) is 39.3 Å². The molecule has 2 heterocycles. The summed E-state index contributed by atoms with van der Waals surface area (Å²) in [6.45, 7) is 5.20. The van der Waals surface area contributed by atoms with Crippen molar-refractivity contribution in [2.24, 2.45) is 5.92 Å². The Hall–Kier alpha value is -2.18. The van der Waals surface area contributed by atoms with Gasteiger partial charge in [0.15, 0.2) is 5.82 Å². The van der Waals surface area contributed by atoms with Crippen molar-refractivity contribution in [2.75, 3.05) is 5.32 Å². The van der Waals surface area contributed by atoms with Crippen molar-refractivity contribution in [1.82, 2.24) is 24.7 Å². The van der Waals surface area contributed by atoms with Gasteiger partial charge < -0.3 is 9.88 Å². The minimum absolute atomic E-state index is 0.120. The highest BCUT2D eigenvalue weighted by Crippen LogP contribution is 1.99. The summed E-state index contributed by atoms with van der Waals surface area (Å²) in [5, 5.41) is 9.40. The maximum atomic E-state index is 12.1. The van der Waals surface area contributed by atoms with Crippen LogP contribution in [0.15, 0.2) is 23.5 Å². The lowest BCUT2D eigenvalue weighted by Crippen LogP contribution is -2.26. The highest BCUT2D eigenvalue weighted by Gasteiger charge is 2.06. The van der Waals surface area contributed by atoms with Crippen LogP contribution in [0.25, 0.3) is 0 Å². The lowest BCUT2D eigenvalue weighted by Gasteiger charge is -2.10. The third-order valence-electron chi connectivity index (χ3n) is 2.36. The molecule has 0 atom stereocenters. The van der Waals surface area contributed by atoms with Crippen molar-refractivity contribution < 1.29 is 0 Å². The second-order valence-corrected chi connectivity index (χ2v) is 4.41. The second kappa shape index (κ2) is 5.44. The molecule has 0 aliphatic rings. The highest BCUT2D eigenvalue weighted by atomic mass is 16.1. The molecule has 2 N–H and O–H groups in total. The summed E-state index contributed by atoms with van der Waals surface area (Å²) in [6.07, 6.45) is 4.74. The summed E-state index contributed by atoms with van der Waals surface area (Å²) in [7, 11) is 0. The van der Waals surface area contributed by atoms with Gasteiger partial charge in [0.05, 0.1) is 6.54 Å². The molecule has 7 heteroatoms. The zero-order chi connectivity index (χ0) is 13.0. The molecule has 0 bridgehead atoms. The van der Waals surface area contributed by atoms with Crippen molar-refractivity contribution in [1.29, 1.82) is 0 Å². The van der Waals surface area contributed by atoms with Gasteiger partial charge in [0.1, 0.15) is 12.2 Å². The minimum Gasteiger partial charge on any atom is -0.358 e. The molecule has 0 unspecified atom stereocenters. The van der Waals surface area contributed by atoms with Crippen LogP contribution in [0.2, 0.25) is 0 Å². The number of hydrogen-bond donors (Lipinski definition) is 2. The Kier molecular flexibility index (Phi) is 3.71. The fraction of sp³-hybridized carbons (Fsp3) is 0.455. The average Bonchev–Trinajstić information content (AvgIpc) is 2.83. The van der Waals surface area contributed by atoms with E-state index in [-0.39, 0.29) is 5.56 Å². The van der Waals surface area contributed by atoms with Crippen molar-refractivity contribution in [3.8, 4) is 0 Å². The van der Waals surface area contributed by atoms with Crippen LogP contribution in [0.4, 0.5) is 5.82 Å². The smallest absolute Gasteiger partial charge is 0.293 e. The van der Waals surface area contributed by atoms with Crippen LogP contribution < -0.4 is 10.9 Å². The van der Waals surface area contributed by atoms with E-state index in [1.165, 1.54) is 6.33 Å². The monoisotopic (exact) mass is 248 g/mol. The zero-order valence-corrected chi connectivity index (χ0v) is 10.4. The number of hydrogen-bond acceptors (Lipinski definition) is 5. The number of aromatic nitrogens is 5. The number of anilines is 1. The Bertz CT molecular complexity index is 545. The molecule has 0 radical (unpaired) electrons. The molecule has 7 nitrogen and oxygen atoms in total. The molecule has 0 fully saturated rings. The Labute approximate surface area is 104 Å². The van der Waals surface area contributed by atoms with Gasteiger partial charge in [0.25, 0.3) is 5.56 Å². The van der Waals surface area contributed by atoms with Gasteiger partial charge in [-0.25, -0.2) is 9.97 Å². The number of aromatic amines is 1. The van der Waals surface area contributed by atoms with E-state index < -0.39 is 0 Å². The standard InChI is InChI=1S/C11H16N6O/c1-8(2)6-17-4-3-12-10(11(17)18)13-5-9-14-7-15-16-9/h3-4,7-8H,5-6H2,1-2H3,(H,12,13)(H,14,15,16). The van der Waals surface area contributed by atoms with Gasteiger partial charge in [-0.05, 0) is 5.92 Å². The van der Waals surface area contributed by atoms with Crippen LogP contribution in [-0.4, -0.2) is 24.7 Å². The molecular formula is C11H16N6O. The molecular weight excluding hydrogens is 232 g/mol. The molecule has 0 aliphatic heterocycles. The highest BCUT2D eigenvalue weighted by molar-refractivity contribution is 5.30. The molecule has 2 rings (SSSR count). The molecule has 96 valence electrons. The molecule has 18 heavy (non-hydrogen) atoms. The minimum atomic E-state index is -0.120. The predicted octanol–water partition coefficient (Wildman–Crippen LogP) is 0.629. The van der Waals surface area contributed by atoms with Crippen LogP contribution in [0, 0.1) is 5.92 Å². The van der Waals surface area contributed by atoms with Crippen LogP contribution in [0.3, 0.4) is 0 Å². The Morgan fingerprint density at radius 3 is 2.94 bits per heavy atom. The van der Waals surface area contributed by atoms with Crippen LogP contribution in [0.5, 0.6) is 0 Å². The summed E-state index contributed by atoms with van der Waals surface area (Å²) in [6, 6.07) is 0. The van der Waals surface area contributed by atoms with Gasteiger partial charge in [0.2, 0.25) is 0 Å². The molecule has 0 aromatic carbocycles. The van der Waals surface area contributed by atoms with Gasteiger partial charge >= 0.3 is 0 Å². The average molecular weight is 248 g/mol. The molecule has 2 aromatic rings. The third-order valence-corrected chi connectivity index (χ3v) is 2.36. The lowest BCUT2D eigenvalue weighted by molar-refractivity contribution is 0.509. The van der Waals surface area contributed by atoms with E-state index in [1.54, 1.807) is 17.0 Å². The summed E-state index contributed by atoms with van der Waals surface area (Å²) in [5.74, 6) is 1.40. The number of nitrogens with zero attached hydrogens (tertiary/aromatic N) is 4. The van der Waals surface area contributed by atoms with E-state index in [9.17, 15) is 4.79 Å². The van der Waals surface area contributed by atoms with E-state index >= 15 is 0 Å². The second-order valence-electron chi connectivity index (χ2n) is 4.41. The maximum Gasteiger partial charge on any atom is 0.293 e. The first-order valence-electron chi connectivity index (χ1n) is 5.80. The molecule has 0 saturated heterocycles. The van der Waals surface area contributed by atoms with E-state index in [4.69, 9.17) is 0 Å². The summed E-state index contributed by atoms with van der Waals surface area (Å²) in [4.78, 5) is 20.1. The van der Waals surface area contributed by atoms with Crippen molar-refractivity contribution >= 4 is 5.82 Å². The molecule has 0 aliphatic carbocycles. The summed E-state index contributed by atoms with van der Waals surface area (Å²) >= 11 is 0. The maximum absolute atomic E-state index is 12.1. The Morgan fingerprint density at radius 1 is 1.44 bits per heavy atom. The Balaban J connectivity index is 2.11. The van der Waals surface area contributed by atoms with Crippen LogP contribution >= 0.6 is 0 Å². The Morgan fingerprint density at radius 2 is 2.28 bits per heavy atom. The summed E-state index contributed by atoms with van der Waals surface area (Å²) in [5.41, 5.74) is -0.120. The fourth-order valence-corrected chi connectivity index (χ4v) is 1.59. The first-order valence-corrected chi connectivity index (χ1v) is 5.80. The number of rotatable bonds is 5. The fourth-order valence-electron chi connectivity index (χ4n) is 1.59. The topological polar surface area (TPSA) is 88.5 Å². The predicted molar refractivity (Wildman–Crippen MR) is 67.0 cm³/mol. The van der Waals surface area contributed by atoms with Gasteiger partial charge in [-0.15, -0.1) is 0 Å². The molecule has 0 saturated carbocycles. The van der Waals surface area contributed by atoms with Crippen molar-refractivity contribution in [3.63, 3.8) is 0 Å². The first kappa shape index (κ1) is 12.3. The van der Waals surface area contributed by atoms with E-state index in [0.717, 1.165) is 0 Å². The summed E-state index contributed by atoms with van der Waals surface area (Å²) < 4.78 is 1.65.